The topological polar surface area (TPSA) is 34.1 Å². The highest BCUT2D eigenvalue weighted by Gasteiger charge is 2.16. The van der Waals surface area contributed by atoms with Gasteiger partial charge in [-0.15, -0.1) is 0 Å². The van der Waals surface area contributed by atoms with E-state index in [1.807, 2.05) is 24.3 Å². The summed E-state index contributed by atoms with van der Waals surface area (Å²) in [5.41, 5.74) is 1.72. The molecule has 0 saturated heterocycles. The molecule has 4 heteroatoms. The highest BCUT2D eigenvalue weighted by molar-refractivity contribution is 5.34. The van der Waals surface area contributed by atoms with E-state index >= 15 is 0 Å². The van der Waals surface area contributed by atoms with Crippen LogP contribution < -0.4 is 10.1 Å². The molecule has 1 aromatic heterocycles. The summed E-state index contributed by atoms with van der Waals surface area (Å²) in [6.45, 7) is 2.94. The second-order valence-electron chi connectivity index (χ2n) is 4.54. The smallest absolute Gasteiger partial charge is 0.165 e. The van der Waals surface area contributed by atoms with Gasteiger partial charge in [-0.2, -0.15) is 0 Å². The third-order valence-electron chi connectivity index (χ3n) is 3.09. The summed E-state index contributed by atoms with van der Waals surface area (Å²) in [7, 11) is 1.46. The molecule has 1 atom stereocenters. The molecular weight excluding hydrogens is 255 g/mol. The zero-order valence-electron chi connectivity index (χ0n) is 11.8. The summed E-state index contributed by atoms with van der Waals surface area (Å²) in [5, 5.41) is 3.40. The second-order valence-corrected chi connectivity index (χ2v) is 4.54. The zero-order chi connectivity index (χ0) is 14.4. The molecule has 0 fully saturated rings. The summed E-state index contributed by atoms with van der Waals surface area (Å²) < 4.78 is 18.8. The van der Waals surface area contributed by atoms with Gasteiger partial charge in [0, 0.05) is 6.20 Å². The van der Waals surface area contributed by atoms with Crippen molar-refractivity contribution in [2.24, 2.45) is 0 Å². The molecule has 1 heterocycles. The van der Waals surface area contributed by atoms with Gasteiger partial charge in [0.25, 0.3) is 0 Å². The number of nitrogens with zero attached hydrogens (tertiary/aromatic N) is 1. The van der Waals surface area contributed by atoms with E-state index in [1.54, 1.807) is 12.3 Å². The number of aromatic nitrogens is 1. The van der Waals surface area contributed by atoms with Crippen LogP contribution >= 0.6 is 0 Å². The van der Waals surface area contributed by atoms with Crippen LogP contribution in [-0.2, 0) is 0 Å². The van der Waals surface area contributed by atoms with Gasteiger partial charge >= 0.3 is 0 Å². The van der Waals surface area contributed by atoms with Gasteiger partial charge in [0.2, 0.25) is 0 Å². The van der Waals surface area contributed by atoms with Crippen LogP contribution in [0, 0.1) is 5.82 Å². The maximum atomic E-state index is 13.9. The Labute approximate surface area is 118 Å². The van der Waals surface area contributed by atoms with Gasteiger partial charge in [0.1, 0.15) is 0 Å². The predicted octanol–water partition coefficient (Wildman–Crippen LogP) is 3.32. The van der Waals surface area contributed by atoms with Crippen LogP contribution in [0.2, 0.25) is 0 Å². The van der Waals surface area contributed by atoms with Crippen molar-refractivity contribution in [3.05, 3.63) is 59.7 Å². The lowest BCUT2D eigenvalue weighted by atomic mass is 10.0. The Balaban J connectivity index is 2.33. The van der Waals surface area contributed by atoms with E-state index in [4.69, 9.17) is 4.74 Å². The zero-order valence-corrected chi connectivity index (χ0v) is 11.8. The fourth-order valence-electron chi connectivity index (χ4n) is 2.09. The Morgan fingerprint density at radius 3 is 2.75 bits per heavy atom. The van der Waals surface area contributed by atoms with Gasteiger partial charge in [-0.1, -0.05) is 19.1 Å². The van der Waals surface area contributed by atoms with Gasteiger partial charge in [0.05, 0.1) is 18.8 Å². The molecule has 1 aromatic carbocycles. The molecule has 1 unspecified atom stereocenters. The molecule has 0 spiro atoms. The Hall–Kier alpha value is -1.94. The van der Waals surface area contributed by atoms with Gasteiger partial charge in [0.15, 0.2) is 11.6 Å². The Morgan fingerprint density at radius 2 is 2.15 bits per heavy atom. The minimum absolute atomic E-state index is 0.114. The van der Waals surface area contributed by atoms with Crippen LogP contribution in [0.25, 0.3) is 0 Å². The molecule has 2 rings (SSSR count). The largest absolute Gasteiger partial charge is 0.494 e. The van der Waals surface area contributed by atoms with E-state index < -0.39 is 0 Å². The molecule has 0 amide bonds. The SMILES string of the molecule is CCCNC(c1ccc(OC)c(F)c1)c1ccccn1. The Morgan fingerprint density at radius 1 is 1.30 bits per heavy atom. The summed E-state index contributed by atoms with van der Waals surface area (Å²) in [6.07, 6.45) is 2.75. The number of pyridine rings is 1. The van der Waals surface area contributed by atoms with E-state index in [0.717, 1.165) is 24.2 Å². The second kappa shape index (κ2) is 7.01. The normalized spacial score (nSPS) is 12.2. The fourth-order valence-corrected chi connectivity index (χ4v) is 2.09. The van der Waals surface area contributed by atoms with Gasteiger partial charge in [-0.3, -0.25) is 4.98 Å². The highest BCUT2D eigenvalue weighted by atomic mass is 19.1. The third kappa shape index (κ3) is 3.33. The maximum absolute atomic E-state index is 13.9. The molecule has 20 heavy (non-hydrogen) atoms. The van der Waals surface area contributed by atoms with Crippen LogP contribution in [0.3, 0.4) is 0 Å². The molecule has 0 aliphatic rings. The average molecular weight is 274 g/mol. The molecule has 2 aromatic rings. The Bertz CT molecular complexity index is 545. The third-order valence-corrected chi connectivity index (χ3v) is 3.09. The van der Waals surface area contributed by atoms with Crippen molar-refractivity contribution in [2.45, 2.75) is 19.4 Å². The van der Waals surface area contributed by atoms with Crippen molar-refractivity contribution in [3.63, 3.8) is 0 Å². The van der Waals surface area contributed by atoms with Gasteiger partial charge in [-0.05, 0) is 42.8 Å². The number of ether oxygens (including phenoxy) is 1. The van der Waals surface area contributed by atoms with Crippen LogP contribution in [0.5, 0.6) is 5.75 Å². The lowest BCUT2D eigenvalue weighted by Gasteiger charge is -2.19. The predicted molar refractivity (Wildman–Crippen MR) is 77.3 cm³/mol. The summed E-state index contributed by atoms with van der Waals surface area (Å²) >= 11 is 0. The summed E-state index contributed by atoms with van der Waals surface area (Å²) in [5.74, 6) is -0.103. The van der Waals surface area contributed by atoms with Crippen molar-refractivity contribution >= 4 is 0 Å². The molecule has 3 nitrogen and oxygen atoms in total. The lowest BCUT2D eigenvalue weighted by Crippen LogP contribution is -2.24. The number of benzene rings is 1. The standard InChI is InChI=1S/C16H19FN2O/c1-3-9-19-16(14-6-4-5-10-18-14)12-7-8-15(20-2)13(17)11-12/h4-8,10-11,16,19H,3,9H2,1-2H3. The minimum Gasteiger partial charge on any atom is -0.494 e. The van der Waals surface area contributed by atoms with Crippen LogP contribution in [0.15, 0.2) is 42.6 Å². The molecule has 0 aliphatic carbocycles. The number of nitrogens with one attached hydrogen (secondary N) is 1. The van der Waals surface area contributed by atoms with E-state index in [0.29, 0.717) is 0 Å². The Kier molecular flexibility index (Phi) is 5.07. The fraction of sp³-hybridized carbons (Fsp3) is 0.312. The average Bonchev–Trinajstić information content (AvgIpc) is 2.49. The van der Waals surface area contributed by atoms with Crippen molar-refractivity contribution in [3.8, 4) is 5.75 Å². The van der Waals surface area contributed by atoms with Crippen molar-refractivity contribution in [2.75, 3.05) is 13.7 Å². The number of rotatable bonds is 6. The number of hydrogen-bond donors (Lipinski definition) is 1. The molecular formula is C16H19FN2O. The van der Waals surface area contributed by atoms with Gasteiger partial charge < -0.3 is 10.1 Å². The number of methoxy groups -OCH3 is 1. The molecule has 0 radical (unpaired) electrons. The first-order valence-electron chi connectivity index (χ1n) is 6.74. The molecule has 0 bridgehead atoms. The lowest BCUT2D eigenvalue weighted by molar-refractivity contribution is 0.385. The molecule has 0 saturated carbocycles. The number of hydrogen-bond acceptors (Lipinski definition) is 3. The van der Waals surface area contributed by atoms with Crippen LogP contribution in [0.4, 0.5) is 4.39 Å². The quantitative estimate of drug-likeness (QED) is 0.877. The van der Waals surface area contributed by atoms with E-state index in [1.165, 1.54) is 13.2 Å². The summed E-state index contributed by atoms with van der Waals surface area (Å²) in [6, 6.07) is 10.6. The first kappa shape index (κ1) is 14.5. The van der Waals surface area contributed by atoms with Crippen LogP contribution in [-0.4, -0.2) is 18.6 Å². The minimum atomic E-state index is -0.357. The monoisotopic (exact) mass is 274 g/mol. The van der Waals surface area contributed by atoms with E-state index in [2.05, 4.69) is 17.2 Å². The van der Waals surface area contributed by atoms with Crippen LogP contribution in [0.1, 0.15) is 30.6 Å². The van der Waals surface area contributed by atoms with Crippen molar-refractivity contribution in [1.29, 1.82) is 0 Å². The maximum Gasteiger partial charge on any atom is 0.165 e. The van der Waals surface area contributed by atoms with Gasteiger partial charge in [-0.25, -0.2) is 4.39 Å². The molecule has 0 aliphatic heterocycles. The first-order valence-corrected chi connectivity index (χ1v) is 6.74. The summed E-state index contributed by atoms with van der Waals surface area (Å²) in [4.78, 5) is 4.36. The van der Waals surface area contributed by atoms with E-state index in [-0.39, 0.29) is 17.6 Å². The molecule has 1 N–H and O–H groups in total. The van der Waals surface area contributed by atoms with E-state index in [9.17, 15) is 4.39 Å². The van der Waals surface area contributed by atoms with Crippen molar-refractivity contribution < 1.29 is 9.13 Å². The first-order chi connectivity index (χ1) is 9.76. The van der Waals surface area contributed by atoms with Crippen molar-refractivity contribution in [1.82, 2.24) is 10.3 Å². The highest BCUT2D eigenvalue weighted by Crippen LogP contribution is 2.25. The number of halogens is 1. The molecule has 106 valence electrons.